The summed E-state index contributed by atoms with van der Waals surface area (Å²) >= 11 is 7.40. The molecular weight excluding hydrogens is 313 g/mol. The number of aromatic nitrogens is 1. The number of thiazole rings is 1. The van der Waals surface area contributed by atoms with Gasteiger partial charge in [0.15, 0.2) is 5.13 Å². The van der Waals surface area contributed by atoms with Gasteiger partial charge in [0.25, 0.3) is 0 Å². The fraction of sp³-hybridized carbons (Fsp3) is 0.0714. The van der Waals surface area contributed by atoms with E-state index in [9.17, 15) is 4.39 Å². The van der Waals surface area contributed by atoms with Crippen molar-refractivity contribution in [1.82, 2.24) is 4.98 Å². The van der Waals surface area contributed by atoms with Crippen molar-refractivity contribution in [3.8, 4) is 5.75 Å². The summed E-state index contributed by atoms with van der Waals surface area (Å²) in [6.07, 6.45) is 0. The Morgan fingerprint density at radius 1 is 1.29 bits per heavy atom. The third-order valence-electron chi connectivity index (χ3n) is 2.89. The SMILES string of the molecule is NNc1nc2ccc(OCc3ccc(F)cc3Cl)cc2s1. The first-order valence-corrected chi connectivity index (χ1v) is 7.29. The van der Waals surface area contributed by atoms with Crippen LogP contribution in [0.1, 0.15) is 5.56 Å². The first kappa shape index (κ1) is 14.1. The van der Waals surface area contributed by atoms with E-state index in [4.69, 9.17) is 22.2 Å². The van der Waals surface area contributed by atoms with Gasteiger partial charge in [-0.2, -0.15) is 0 Å². The lowest BCUT2D eigenvalue weighted by molar-refractivity contribution is 0.306. The molecule has 108 valence electrons. The topological polar surface area (TPSA) is 60.2 Å². The second-order valence-electron chi connectivity index (χ2n) is 4.32. The maximum atomic E-state index is 13.0. The van der Waals surface area contributed by atoms with E-state index < -0.39 is 0 Å². The molecule has 0 saturated carbocycles. The lowest BCUT2D eigenvalue weighted by Gasteiger charge is -2.07. The highest BCUT2D eigenvalue weighted by atomic mass is 35.5. The second kappa shape index (κ2) is 5.85. The van der Waals surface area contributed by atoms with Crippen molar-refractivity contribution in [2.75, 3.05) is 5.43 Å². The van der Waals surface area contributed by atoms with Crippen LogP contribution in [0.5, 0.6) is 5.75 Å². The van der Waals surface area contributed by atoms with Gasteiger partial charge in [0.05, 0.1) is 15.2 Å². The third-order valence-corrected chi connectivity index (χ3v) is 4.19. The lowest BCUT2D eigenvalue weighted by Crippen LogP contribution is -2.05. The van der Waals surface area contributed by atoms with E-state index in [0.717, 1.165) is 15.8 Å². The Bertz CT molecular complexity index is 793. The van der Waals surface area contributed by atoms with Gasteiger partial charge < -0.3 is 4.74 Å². The summed E-state index contributed by atoms with van der Waals surface area (Å²) in [7, 11) is 0. The van der Waals surface area contributed by atoms with E-state index >= 15 is 0 Å². The van der Waals surface area contributed by atoms with Gasteiger partial charge in [0, 0.05) is 5.56 Å². The number of fused-ring (bicyclic) bond motifs is 1. The summed E-state index contributed by atoms with van der Waals surface area (Å²) < 4.78 is 19.6. The van der Waals surface area contributed by atoms with Crippen LogP contribution in [0.4, 0.5) is 9.52 Å². The molecule has 0 aliphatic rings. The Kier molecular flexibility index (Phi) is 3.92. The number of nitrogens with two attached hydrogens (primary N) is 1. The summed E-state index contributed by atoms with van der Waals surface area (Å²) in [6, 6.07) is 9.79. The summed E-state index contributed by atoms with van der Waals surface area (Å²) in [5.41, 5.74) is 4.10. The van der Waals surface area contributed by atoms with Gasteiger partial charge in [0.1, 0.15) is 18.2 Å². The number of hydrogen-bond donors (Lipinski definition) is 2. The maximum Gasteiger partial charge on any atom is 0.198 e. The van der Waals surface area contributed by atoms with Crippen LogP contribution >= 0.6 is 22.9 Å². The Morgan fingerprint density at radius 3 is 2.90 bits per heavy atom. The molecular formula is C14H11ClFN3OS. The van der Waals surface area contributed by atoms with Gasteiger partial charge in [-0.3, -0.25) is 5.43 Å². The van der Waals surface area contributed by atoms with E-state index in [-0.39, 0.29) is 12.4 Å². The van der Waals surface area contributed by atoms with Crippen LogP contribution in [0, 0.1) is 5.82 Å². The fourth-order valence-electron chi connectivity index (χ4n) is 1.86. The van der Waals surface area contributed by atoms with Crippen LogP contribution in [0.25, 0.3) is 10.2 Å². The normalized spacial score (nSPS) is 10.8. The number of hydrazine groups is 1. The highest BCUT2D eigenvalue weighted by Crippen LogP contribution is 2.29. The molecule has 2 aromatic carbocycles. The Morgan fingerprint density at radius 2 is 2.14 bits per heavy atom. The maximum absolute atomic E-state index is 13.0. The minimum atomic E-state index is -0.364. The molecule has 21 heavy (non-hydrogen) atoms. The lowest BCUT2D eigenvalue weighted by atomic mass is 10.2. The van der Waals surface area contributed by atoms with E-state index in [1.54, 1.807) is 6.07 Å². The molecule has 3 N–H and O–H groups in total. The smallest absolute Gasteiger partial charge is 0.198 e. The summed E-state index contributed by atoms with van der Waals surface area (Å²) in [4.78, 5) is 4.28. The molecule has 3 rings (SSSR count). The Labute approximate surface area is 129 Å². The highest BCUT2D eigenvalue weighted by molar-refractivity contribution is 7.22. The number of benzene rings is 2. The zero-order valence-corrected chi connectivity index (χ0v) is 12.3. The van der Waals surface area contributed by atoms with Crippen LogP contribution in [-0.4, -0.2) is 4.98 Å². The fourth-order valence-corrected chi connectivity index (χ4v) is 2.88. The molecule has 4 nitrogen and oxygen atoms in total. The molecule has 7 heteroatoms. The standard InChI is InChI=1S/C14H11ClFN3OS/c15-11-5-9(16)2-1-8(11)7-20-10-3-4-12-13(6-10)21-14(18-12)19-17/h1-6H,7,17H2,(H,18,19). The number of rotatable bonds is 4. The van der Waals surface area contributed by atoms with Crippen LogP contribution in [0.15, 0.2) is 36.4 Å². The molecule has 0 aliphatic carbocycles. The number of halogens is 2. The van der Waals surface area contributed by atoms with E-state index in [1.165, 1.54) is 23.5 Å². The predicted octanol–water partition coefficient (Wildman–Crippen LogP) is 3.95. The van der Waals surface area contributed by atoms with E-state index in [1.807, 2.05) is 18.2 Å². The minimum absolute atomic E-state index is 0.269. The van der Waals surface area contributed by atoms with Crippen LogP contribution in [-0.2, 0) is 6.61 Å². The van der Waals surface area contributed by atoms with Gasteiger partial charge in [-0.15, -0.1) is 0 Å². The van der Waals surface area contributed by atoms with Crippen LogP contribution in [0.3, 0.4) is 0 Å². The zero-order valence-electron chi connectivity index (χ0n) is 10.8. The number of anilines is 1. The van der Waals surface area contributed by atoms with Crippen molar-refractivity contribution >= 4 is 38.3 Å². The van der Waals surface area contributed by atoms with Crippen molar-refractivity contribution in [1.29, 1.82) is 0 Å². The zero-order chi connectivity index (χ0) is 14.8. The molecule has 1 heterocycles. The first-order chi connectivity index (χ1) is 10.2. The third kappa shape index (κ3) is 3.07. The molecule has 0 spiro atoms. The summed E-state index contributed by atoms with van der Waals surface area (Å²) in [6.45, 7) is 0.269. The largest absolute Gasteiger partial charge is 0.489 e. The number of nitrogens with one attached hydrogen (secondary N) is 1. The van der Waals surface area contributed by atoms with Crippen molar-refractivity contribution in [3.63, 3.8) is 0 Å². The number of ether oxygens (including phenoxy) is 1. The molecule has 0 atom stereocenters. The molecule has 0 aliphatic heterocycles. The molecule has 0 amide bonds. The minimum Gasteiger partial charge on any atom is -0.489 e. The Balaban J connectivity index is 1.78. The molecule has 0 unspecified atom stereocenters. The van der Waals surface area contributed by atoms with Gasteiger partial charge >= 0.3 is 0 Å². The molecule has 0 fully saturated rings. The number of nitrogen functional groups attached to an aromatic ring is 1. The van der Waals surface area contributed by atoms with Crippen molar-refractivity contribution < 1.29 is 9.13 Å². The van der Waals surface area contributed by atoms with Gasteiger partial charge in [0.2, 0.25) is 0 Å². The average Bonchev–Trinajstić information content (AvgIpc) is 2.88. The van der Waals surface area contributed by atoms with E-state index in [0.29, 0.717) is 15.9 Å². The Hall–Kier alpha value is -1.89. The molecule has 1 aromatic heterocycles. The van der Waals surface area contributed by atoms with Gasteiger partial charge in [-0.05, 0) is 30.3 Å². The van der Waals surface area contributed by atoms with Crippen molar-refractivity contribution in [2.45, 2.75) is 6.61 Å². The predicted molar refractivity (Wildman–Crippen MR) is 83.2 cm³/mol. The number of hydrogen-bond acceptors (Lipinski definition) is 5. The monoisotopic (exact) mass is 323 g/mol. The highest BCUT2D eigenvalue weighted by Gasteiger charge is 2.06. The molecule has 3 aromatic rings. The second-order valence-corrected chi connectivity index (χ2v) is 5.76. The average molecular weight is 324 g/mol. The van der Waals surface area contributed by atoms with Crippen LogP contribution in [0.2, 0.25) is 5.02 Å². The van der Waals surface area contributed by atoms with Crippen molar-refractivity contribution in [3.05, 3.63) is 52.8 Å². The first-order valence-electron chi connectivity index (χ1n) is 6.09. The molecule has 0 bridgehead atoms. The summed E-state index contributed by atoms with van der Waals surface area (Å²) in [5.74, 6) is 5.66. The van der Waals surface area contributed by atoms with Crippen LogP contribution < -0.4 is 16.0 Å². The molecule has 0 saturated heterocycles. The molecule has 0 radical (unpaired) electrons. The quantitative estimate of drug-likeness (QED) is 0.563. The van der Waals surface area contributed by atoms with Crippen molar-refractivity contribution in [2.24, 2.45) is 5.84 Å². The van der Waals surface area contributed by atoms with E-state index in [2.05, 4.69) is 10.4 Å². The number of nitrogens with zero attached hydrogens (tertiary/aromatic N) is 1. The summed E-state index contributed by atoms with van der Waals surface area (Å²) in [5, 5.41) is 0.993. The van der Waals surface area contributed by atoms with Gasteiger partial charge in [-0.1, -0.05) is 29.0 Å². The van der Waals surface area contributed by atoms with Gasteiger partial charge in [-0.25, -0.2) is 15.2 Å².